The molecule has 1 unspecified atom stereocenters. The van der Waals surface area contributed by atoms with E-state index in [-0.39, 0.29) is 5.78 Å². The summed E-state index contributed by atoms with van der Waals surface area (Å²) in [6.45, 7) is 0. The fourth-order valence-corrected chi connectivity index (χ4v) is 4.76. The third kappa shape index (κ3) is 2.06. The Morgan fingerprint density at radius 2 is 1.75 bits per heavy atom. The number of rotatable bonds is 1. The first-order valence-corrected chi connectivity index (χ1v) is 8.96. The van der Waals surface area contributed by atoms with Gasteiger partial charge in [0.2, 0.25) is 9.99 Å². The van der Waals surface area contributed by atoms with Gasteiger partial charge in [0.25, 0.3) is 0 Å². The van der Waals surface area contributed by atoms with Gasteiger partial charge in [-0.1, -0.05) is 36.6 Å². The van der Waals surface area contributed by atoms with Gasteiger partial charge in [-0.3, -0.25) is 4.79 Å². The van der Waals surface area contributed by atoms with Gasteiger partial charge in [-0.15, -0.1) is 0 Å². The normalized spacial score (nSPS) is 28.6. The zero-order chi connectivity index (χ0) is 14.2. The van der Waals surface area contributed by atoms with E-state index in [1.165, 1.54) is 0 Å². The first kappa shape index (κ1) is 14.6. The number of ether oxygens (including phenoxy) is 1. The molecule has 0 N–H and O–H groups in total. The van der Waals surface area contributed by atoms with E-state index in [1.807, 2.05) is 18.2 Å². The Labute approximate surface area is 132 Å². The molecule has 1 aliphatic heterocycles. The zero-order valence-corrected chi connectivity index (χ0v) is 13.4. The summed E-state index contributed by atoms with van der Waals surface area (Å²) >= 11 is 6.70. The number of para-hydroxylation sites is 1. The number of carbonyl (C=O) groups is 1. The van der Waals surface area contributed by atoms with Crippen LogP contribution >= 0.6 is 33.3 Å². The summed E-state index contributed by atoms with van der Waals surface area (Å²) in [5, 5.41) is 0. The smallest absolute Gasteiger partial charge is 0.206 e. The molecule has 1 aromatic rings. The molecule has 2 nitrogen and oxygen atoms in total. The van der Waals surface area contributed by atoms with Crippen LogP contribution in [0.3, 0.4) is 0 Å². The Kier molecular flexibility index (Phi) is 3.95. The first-order chi connectivity index (χ1) is 9.63. The van der Waals surface area contributed by atoms with E-state index < -0.39 is 9.81 Å². The van der Waals surface area contributed by atoms with Crippen molar-refractivity contribution in [2.75, 3.05) is 0 Å². The van der Waals surface area contributed by atoms with Crippen molar-refractivity contribution >= 4 is 39.0 Å². The van der Waals surface area contributed by atoms with Gasteiger partial charge in [-0.25, -0.2) is 0 Å². The van der Waals surface area contributed by atoms with Crippen molar-refractivity contribution in [3.63, 3.8) is 0 Å². The Morgan fingerprint density at radius 1 is 1.10 bits per heavy atom. The second-order valence-corrected chi connectivity index (χ2v) is 7.53. The second-order valence-electron chi connectivity index (χ2n) is 5.51. The minimum absolute atomic E-state index is 0.122. The van der Waals surface area contributed by atoms with Crippen LogP contribution in [0.4, 0.5) is 0 Å². The lowest BCUT2D eigenvalue weighted by Crippen LogP contribution is -2.59. The molecule has 1 aromatic carbocycles. The van der Waals surface area contributed by atoms with Gasteiger partial charge in [0.1, 0.15) is 11.4 Å². The molecule has 20 heavy (non-hydrogen) atoms. The third-order valence-corrected chi connectivity index (χ3v) is 6.78. The number of ketones is 1. The van der Waals surface area contributed by atoms with Crippen molar-refractivity contribution in [1.29, 1.82) is 0 Å². The van der Waals surface area contributed by atoms with Crippen LogP contribution in [0.25, 0.3) is 0 Å². The number of benzene rings is 1. The number of hydrogen-bond donors (Lipinski definition) is 0. The van der Waals surface area contributed by atoms with Gasteiger partial charge < -0.3 is 4.74 Å². The molecule has 0 saturated heterocycles. The van der Waals surface area contributed by atoms with Crippen molar-refractivity contribution in [1.82, 2.24) is 0 Å². The highest BCUT2D eigenvalue weighted by Crippen LogP contribution is 2.55. The van der Waals surface area contributed by atoms with Crippen LogP contribution in [0, 0.1) is 0 Å². The van der Waals surface area contributed by atoms with Gasteiger partial charge >= 0.3 is 0 Å². The largest absolute Gasteiger partial charge is 0.483 e. The zero-order valence-electron chi connectivity index (χ0n) is 11.0. The topological polar surface area (TPSA) is 26.3 Å². The highest BCUT2D eigenvalue weighted by atomic mass is 35.7. The van der Waals surface area contributed by atoms with E-state index in [4.69, 9.17) is 27.0 Å². The first-order valence-electron chi connectivity index (χ1n) is 6.94. The lowest BCUT2D eigenvalue weighted by molar-refractivity contribution is 0.0249. The van der Waals surface area contributed by atoms with Gasteiger partial charge in [-0.2, -0.15) is 0 Å². The van der Waals surface area contributed by atoms with Crippen molar-refractivity contribution in [2.45, 2.75) is 48.3 Å². The average Bonchev–Trinajstić information content (AvgIpc) is 2.72. The van der Waals surface area contributed by atoms with Gasteiger partial charge in [0, 0.05) is 0 Å². The summed E-state index contributed by atoms with van der Waals surface area (Å²) in [5.74, 6) is 0.518. The molecule has 0 amide bonds. The summed E-state index contributed by atoms with van der Waals surface area (Å²) in [6, 6.07) is 7.30. The highest BCUT2D eigenvalue weighted by molar-refractivity contribution is 8.23. The molecule has 0 bridgehead atoms. The Bertz CT molecular complexity index is 526. The molecular formula is C15H16Cl2O2S. The van der Waals surface area contributed by atoms with E-state index in [9.17, 15) is 4.79 Å². The number of Topliss-reactive ketones (excluding diaryl/α,β-unsaturated/α-hetero) is 1. The summed E-state index contributed by atoms with van der Waals surface area (Å²) < 4.78 is 5.03. The standard InChI is InChI=1S/C15H16Cl2O2S/c16-15(20-17)13(18)11-7-3-4-8-12(11)19-14(15)9-5-1-2-6-10-14/h3-4,7-8H,1-2,5-6,9-10H2. The van der Waals surface area contributed by atoms with Gasteiger partial charge in [0.05, 0.1) is 5.56 Å². The van der Waals surface area contributed by atoms with Crippen LogP contribution in [0.1, 0.15) is 48.9 Å². The fraction of sp³-hybridized carbons (Fsp3) is 0.533. The third-order valence-electron chi connectivity index (χ3n) is 4.33. The van der Waals surface area contributed by atoms with Gasteiger partial charge in [-0.05, 0) is 59.5 Å². The minimum Gasteiger partial charge on any atom is -0.483 e. The van der Waals surface area contributed by atoms with Crippen molar-refractivity contribution in [3.8, 4) is 5.75 Å². The van der Waals surface area contributed by atoms with E-state index in [0.29, 0.717) is 11.3 Å². The maximum Gasteiger partial charge on any atom is 0.206 e. The molecule has 0 radical (unpaired) electrons. The monoisotopic (exact) mass is 330 g/mol. The Balaban J connectivity index is 2.12. The van der Waals surface area contributed by atoms with Crippen molar-refractivity contribution < 1.29 is 9.53 Å². The van der Waals surface area contributed by atoms with Gasteiger partial charge in [0.15, 0.2) is 0 Å². The average molecular weight is 331 g/mol. The maximum atomic E-state index is 12.8. The number of fused-ring (bicyclic) bond motifs is 1. The molecule has 1 atom stereocenters. The number of alkyl halides is 1. The molecule has 108 valence electrons. The molecule has 1 heterocycles. The summed E-state index contributed by atoms with van der Waals surface area (Å²) in [6.07, 6.45) is 5.89. The van der Waals surface area contributed by atoms with E-state index in [0.717, 1.165) is 49.5 Å². The predicted molar refractivity (Wildman–Crippen MR) is 83.9 cm³/mol. The summed E-state index contributed by atoms with van der Waals surface area (Å²) in [7, 11) is 6.94. The van der Waals surface area contributed by atoms with Crippen LogP contribution in [-0.2, 0) is 0 Å². The van der Waals surface area contributed by atoms with E-state index >= 15 is 0 Å². The molecule has 1 fully saturated rings. The Morgan fingerprint density at radius 3 is 2.40 bits per heavy atom. The molecular weight excluding hydrogens is 315 g/mol. The lowest BCUT2D eigenvalue weighted by Gasteiger charge is -2.47. The molecule has 2 aliphatic rings. The van der Waals surface area contributed by atoms with E-state index in [2.05, 4.69) is 0 Å². The van der Waals surface area contributed by atoms with Crippen molar-refractivity contribution in [3.05, 3.63) is 29.8 Å². The maximum absolute atomic E-state index is 12.8. The molecule has 0 aromatic heterocycles. The van der Waals surface area contributed by atoms with Crippen LogP contribution < -0.4 is 4.74 Å². The molecule has 1 aliphatic carbocycles. The lowest BCUT2D eigenvalue weighted by atomic mass is 9.83. The van der Waals surface area contributed by atoms with Crippen LogP contribution in [0.2, 0.25) is 0 Å². The minimum atomic E-state index is -1.23. The molecule has 1 spiro atoms. The predicted octanol–water partition coefficient (Wildman–Crippen LogP) is 5.18. The molecule has 3 rings (SSSR count). The van der Waals surface area contributed by atoms with Crippen LogP contribution in [0.5, 0.6) is 5.75 Å². The Hall–Kier alpha value is -0.380. The molecule has 5 heteroatoms. The van der Waals surface area contributed by atoms with Crippen LogP contribution in [0.15, 0.2) is 24.3 Å². The quantitative estimate of drug-likeness (QED) is 0.664. The SMILES string of the molecule is O=C1c2ccccc2OC2(CCCCCC2)C1(Cl)SCl. The van der Waals surface area contributed by atoms with Crippen molar-refractivity contribution in [2.24, 2.45) is 0 Å². The highest BCUT2D eigenvalue weighted by Gasteiger charge is 2.61. The summed E-state index contributed by atoms with van der Waals surface area (Å²) in [5.41, 5.74) is -0.159. The van der Waals surface area contributed by atoms with Crippen LogP contribution in [-0.4, -0.2) is 15.6 Å². The number of carbonyl (C=O) groups excluding carboxylic acids is 1. The summed E-state index contributed by atoms with van der Waals surface area (Å²) in [4.78, 5) is 12.8. The van der Waals surface area contributed by atoms with E-state index in [1.54, 1.807) is 6.07 Å². The fourth-order valence-electron chi connectivity index (χ4n) is 3.23. The second kappa shape index (κ2) is 5.43. The number of halogens is 2. The molecule has 1 saturated carbocycles. The number of hydrogen-bond acceptors (Lipinski definition) is 3.